The van der Waals surface area contributed by atoms with E-state index in [1.807, 2.05) is 4.98 Å². The number of nitrogens with zero attached hydrogens (tertiary/aromatic N) is 1. The number of aromatic amines is 1. The molecule has 1 aliphatic heterocycles. The monoisotopic (exact) mass is 324 g/mol. The van der Waals surface area contributed by atoms with Gasteiger partial charge in [-0.3, -0.25) is 18.9 Å². The summed E-state index contributed by atoms with van der Waals surface area (Å²) in [4.78, 5) is 42.8. The van der Waals surface area contributed by atoms with E-state index in [4.69, 9.17) is 9.84 Å². The average molecular weight is 324 g/mol. The summed E-state index contributed by atoms with van der Waals surface area (Å²) in [5.41, 5.74) is -1.74. The molecule has 118 valence electrons. The fraction of sp³-hybridized carbons (Fsp3) is 0.556. The van der Waals surface area contributed by atoms with Crippen molar-refractivity contribution in [1.29, 1.82) is 0 Å². The van der Waals surface area contributed by atoms with Gasteiger partial charge in [-0.2, -0.15) is 0 Å². The van der Waals surface area contributed by atoms with E-state index in [1.165, 1.54) is 0 Å². The number of rotatable bonds is 3. The molecule has 12 heteroatoms. The van der Waals surface area contributed by atoms with Crippen molar-refractivity contribution in [2.45, 2.75) is 23.8 Å². The number of hydrogen-bond acceptors (Lipinski definition) is 7. The Labute approximate surface area is 116 Å². The van der Waals surface area contributed by atoms with Crippen molar-refractivity contribution in [3.8, 4) is 0 Å². The van der Waals surface area contributed by atoms with Crippen LogP contribution in [0, 0.1) is 0 Å². The van der Waals surface area contributed by atoms with Crippen molar-refractivity contribution in [3.63, 3.8) is 0 Å². The van der Waals surface area contributed by atoms with Crippen molar-refractivity contribution in [2.24, 2.45) is 0 Å². The number of H-pyrrole nitrogens is 1. The van der Waals surface area contributed by atoms with Gasteiger partial charge in [-0.25, -0.2) is 4.79 Å². The molecule has 1 aliphatic rings. The predicted molar refractivity (Wildman–Crippen MR) is 65.3 cm³/mol. The van der Waals surface area contributed by atoms with Gasteiger partial charge < -0.3 is 29.8 Å². The minimum Gasteiger partial charge on any atom is -0.394 e. The normalized spacial score (nSPS) is 33.3. The molecule has 0 unspecified atom stereocenters. The maximum atomic E-state index is 11.6. The maximum absolute atomic E-state index is 11.6. The van der Waals surface area contributed by atoms with E-state index in [1.54, 1.807) is 0 Å². The fourth-order valence-corrected chi connectivity index (χ4v) is 3.12. The second-order valence-corrected chi connectivity index (χ2v) is 6.29. The summed E-state index contributed by atoms with van der Waals surface area (Å²) >= 11 is 0. The first-order chi connectivity index (χ1) is 9.62. The van der Waals surface area contributed by atoms with E-state index in [2.05, 4.69) is 0 Å². The van der Waals surface area contributed by atoms with Crippen LogP contribution in [0.4, 0.5) is 0 Å². The van der Waals surface area contributed by atoms with Crippen molar-refractivity contribution in [3.05, 3.63) is 33.1 Å². The van der Waals surface area contributed by atoms with Crippen LogP contribution in [0.2, 0.25) is 0 Å². The lowest BCUT2D eigenvalue weighted by Gasteiger charge is -2.30. The maximum Gasteiger partial charge on any atom is 0.362 e. The number of aliphatic hydroxyl groups is 3. The quantitative estimate of drug-likeness (QED) is 0.309. The van der Waals surface area contributed by atoms with Gasteiger partial charge in [-0.05, 0) is 0 Å². The molecule has 4 atom stereocenters. The van der Waals surface area contributed by atoms with Crippen LogP contribution in [0.15, 0.2) is 21.9 Å². The molecule has 6 N–H and O–H groups in total. The van der Waals surface area contributed by atoms with Crippen LogP contribution in [0.3, 0.4) is 0 Å². The van der Waals surface area contributed by atoms with Crippen LogP contribution in [0.1, 0.15) is 6.23 Å². The molecule has 1 aromatic rings. The molecule has 1 aromatic heterocycles. The van der Waals surface area contributed by atoms with E-state index in [-0.39, 0.29) is 0 Å². The Morgan fingerprint density at radius 2 is 2.05 bits per heavy atom. The van der Waals surface area contributed by atoms with Crippen LogP contribution in [-0.2, 0) is 9.30 Å². The Morgan fingerprint density at radius 3 is 2.48 bits per heavy atom. The molecule has 11 nitrogen and oxygen atoms in total. The average Bonchev–Trinajstić information content (AvgIpc) is 2.63. The van der Waals surface area contributed by atoms with Gasteiger partial charge in [0.25, 0.3) is 5.56 Å². The smallest absolute Gasteiger partial charge is 0.362 e. The first-order valence-corrected chi connectivity index (χ1v) is 7.28. The van der Waals surface area contributed by atoms with Crippen LogP contribution in [0.5, 0.6) is 0 Å². The van der Waals surface area contributed by atoms with Crippen LogP contribution < -0.4 is 11.2 Å². The van der Waals surface area contributed by atoms with Gasteiger partial charge in [0.15, 0.2) is 6.23 Å². The molecule has 21 heavy (non-hydrogen) atoms. The summed E-state index contributed by atoms with van der Waals surface area (Å²) in [7, 11) is -5.30. The third-order valence-electron chi connectivity index (χ3n) is 3.24. The molecule has 0 saturated carbocycles. The number of ether oxygens (including phenoxy) is 1. The van der Waals surface area contributed by atoms with Crippen LogP contribution in [0.25, 0.3) is 0 Å². The van der Waals surface area contributed by atoms with Crippen LogP contribution in [-0.4, -0.2) is 58.8 Å². The molecule has 0 bridgehead atoms. The van der Waals surface area contributed by atoms with Gasteiger partial charge in [0, 0.05) is 12.3 Å². The Morgan fingerprint density at radius 1 is 1.43 bits per heavy atom. The van der Waals surface area contributed by atoms with E-state index in [0.29, 0.717) is 4.57 Å². The van der Waals surface area contributed by atoms with E-state index in [9.17, 15) is 34.2 Å². The number of aliphatic hydroxyl groups excluding tert-OH is 2. The van der Waals surface area contributed by atoms with Crippen molar-refractivity contribution in [2.75, 3.05) is 6.61 Å². The van der Waals surface area contributed by atoms with Crippen LogP contribution >= 0.6 is 7.60 Å². The second kappa shape index (κ2) is 5.14. The lowest BCUT2D eigenvalue weighted by molar-refractivity contribution is -0.0615. The van der Waals surface area contributed by atoms with Crippen molar-refractivity contribution >= 4 is 7.60 Å². The topological polar surface area (TPSA) is 182 Å². The van der Waals surface area contributed by atoms with Gasteiger partial charge in [-0.1, -0.05) is 0 Å². The largest absolute Gasteiger partial charge is 0.394 e. The highest BCUT2D eigenvalue weighted by molar-refractivity contribution is 7.53. The highest BCUT2D eigenvalue weighted by atomic mass is 31.2. The molecule has 1 saturated heterocycles. The zero-order valence-corrected chi connectivity index (χ0v) is 11.3. The first-order valence-electron chi connectivity index (χ1n) is 5.66. The van der Waals surface area contributed by atoms with Gasteiger partial charge in [0.1, 0.15) is 12.2 Å². The van der Waals surface area contributed by atoms with Gasteiger partial charge in [0.2, 0.25) is 5.34 Å². The molecule has 2 heterocycles. The minimum atomic E-state index is -5.30. The Balaban J connectivity index is 2.52. The highest BCUT2D eigenvalue weighted by Gasteiger charge is 2.65. The zero-order chi connectivity index (χ0) is 16.0. The summed E-state index contributed by atoms with van der Waals surface area (Å²) in [6.45, 7) is -1.01. The first kappa shape index (κ1) is 16.0. The molecule has 1 fully saturated rings. The summed E-state index contributed by atoms with van der Waals surface area (Å²) in [6, 6.07) is 0.917. The third-order valence-corrected chi connectivity index (χ3v) is 4.73. The number of hydrogen-bond donors (Lipinski definition) is 6. The third kappa shape index (κ3) is 2.38. The summed E-state index contributed by atoms with van der Waals surface area (Å²) < 4.78 is 17.0. The summed E-state index contributed by atoms with van der Waals surface area (Å²) in [6.07, 6.45) is -4.80. The van der Waals surface area contributed by atoms with E-state index in [0.717, 1.165) is 12.3 Å². The zero-order valence-electron chi connectivity index (χ0n) is 10.4. The molecule has 0 spiro atoms. The molecule has 2 rings (SSSR count). The highest BCUT2D eigenvalue weighted by Crippen LogP contribution is 2.58. The second-order valence-electron chi connectivity index (χ2n) is 4.49. The fourth-order valence-electron chi connectivity index (χ4n) is 2.13. The SMILES string of the molecule is O=c1ccn([C@@H]2O[C@H](CO)[C@](O)(P(=O)(O)O)[C@@H]2O)c(=O)[nH]1. The summed E-state index contributed by atoms with van der Waals surface area (Å²) in [5, 5.41) is 26.0. The Kier molecular flexibility index (Phi) is 3.93. The van der Waals surface area contributed by atoms with Crippen molar-refractivity contribution in [1.82, 2.24) is 9.55 Å². The molecule has 0 amide bonds. The number of nitrogens with one attached hydrogen (secondary N) is 1. The summed E-state index contributed by atoms with van der Waals surface area (Å²) in [5.74, 6) is 0. The molecule has 0 aromatic carbocycles. The molecule has 0 aliphatic carbocycles. The standard InChI is InChI=1S/C9H13N2O9P/c12-3-4-9(16,21(17,18)19)6(14)7(20-4)11-2-1-5(13)10-8(11)15/h1-2,4,6-7,12,14,16H,3H2,(H,10,13,15)(H2,17,18,19)/t4-,6-,7-,9+/m1/s1. The molecule has 0 radical (unpaired) electrons. The molecular formula is C9H13N2O9P. The Bertz CT molecular complexity index is 693. The van der Waals surface area contributed by atoms with E-state index >= 15 is 0 Å². The predicted octanol–water partition coefficient (Wildman–Crippen LogP) is -3.35. The van der Waals surface area contributed by atoms with Crippen molar-refractivity contribution < 1.29 is 34.4 Å². The number of aromatic nitrogens is 2. The lowest BCUT2D eigenvalue weighted by atomic mass is 10.1. The van der Waals surface area contributed by atoms with E-state index < -0.39 is 49.2 Å². The van der Waals surface area contributed by atoms with Gasteiger partial charge >= 0.3 is 13.3 Å². The minimum absolute atomic E-state index is 0.641. The molecular weight excluding hydrogens is 311 g/mol. The van der Waals surface area contributed by atoms with Gasteiger partial charge in [-0.15, -0.1) is 0 Å². The Hall–Kier alpha value is -1.33. The lowest BCUT2D eigenvalue weighted by Crippen LogP contribution is -2.49. The van der Waals surface area contributed by atoms with Gasteiger partial charge in [0.05, 0.1) is 6.61 Å².